The summed E-state index contributed by atoms with van der Waals surface area (Å²) in [5.41, 5.74) is 1.57. The fourth-order valence-corrected chi connectivity index (χ4v) is 3.94. The predicted octanol–water partition coefficient (Wildman–Crippen LogP) is 2.37. The highest BCUT2D eigenvalue weighted by Gasteiger charge is 2.27. The summed E-state index contributed by atoms with van der Waals surface area (Å²) in [7, 11) is -0.509. The summed E-state index contributed by atoms with van der Waals surface area (Å²) in [5.74, 6) is -0.189. The maximum Gasteiger partial charge on any atom is 0.252 e. The van der Waals surface area contributed by atoms with Crippen LogP contribution in [0.4, 0.5) is 5.82 Å². The summed E-state index contributed by atoms with van der Waals surface area (Å²) in [5, 5.41) is -0.850. The summed E-state index contributed by atoms with van der Waals surface area (Å²) in [4.78, 5) is 21.7. The minimum absolute atomic E-state index is 0.0158. The topological polar surface area (TPSA) is 92.3 Å². The number of rotatable bonds is 4. The Morgan fingerprint density at radius 1 is 1.23 bits per heavy atom. The highest BCUT2D eigenvalue weighted by molar-refractivity contribution is 7.93. The van der Waals surface area contributed by atoms with Gasteiger partial charge in [0.2, 0.25) is 10.0 Å². The molecule has 0 fully saturated rings. The largest absolute Gasteiger partial charge is 0.345 e. The lowest BCUT2D eigenvalue weighted by molar-refractivity contribution is -0.124. The number of para-hydroxylation sites is 2. The summed E-state index contributed by atoms with van der Waals surface area (Å²) in [6.07, 6.45) is 4.80. The SMILES string of the molecule is CN(C)C(=O)C1=CCC(S(=O)(=O)Nc2nc3ccccc3nc2Cl)C=C1. The molecule has 1 aliphatic carbocycles. The van der Waals surface area contributed by atoms with Gasteiger partial charge in [0.25, 0.3) is 5.91 Å². The molecule has 1 aliphatic rings. The molecule has 1 atom stereocenters. The molecule has 1 aromatic heterocycles. The molecule has 0 saturated carbocycles. The molecule has 7 nitrogen and oxygen atoms in total. The number of aromatic nitrogens is 2. The molecule has 0 saturated heterocycles. The number of fused-ring (bicyclic) bond motifs is 1. The van der Waals surface area contributed by atoms with Crippen molar-refractivity contribution in [3.05, 3.63) is 53.2 Å². The number of likely N-dealkylation sites (N-methyl/N-ethyl adjacent to an activating group) is 1. The Hall–Kier alpha value is -2.45. The maximum atomic E-state index is 12.6. The quantitative estimate of drug-likeness (QED) is 0.862. The monoisotopic (exact) mass is 392 g/mol. The second kappa shape index (κ2) is 7.05. The third-order valence-corrected chi connectivity index (χ3v) is 5.77. The van der Waals surface area contributed by atoms with E-state index in [4.69, 9.17) is 11.6 Å². The molecule has 0 spiro atoms. The van der Waals surface area contributed by atoms with E-state index in [0.717, 1.165) is 0 Å². The normalized spacial score (nSPS) is 17.0. The van der Waals surface area contributed by atoms with Gasteiger partial charge in [-0.2, -0.15) is 0 Å². The molecule has 2 aromatic rings. The summed E-state index contributed by atoms with van der Waals surface area (Å²) in [6, 6.07) is 7.04. The van der Waals surface area contributed by atoms with Gasteiger partial charge in [0.15, 0.2) is 11.0 Å². The number of nitrogens with zero attached hydrogens (tertiary/aromatic N) is 3. The number of amides is 1. The van der Waals surface area contributed by atoms with Crippen molar-refractivity contribution in [1.29, 1.82) is 0 Å². The smallest absolute Gasteiger partial charge is 0.252 e. The van der Waals surface area contributed by atoms with Crippen molar-refractivity contribution in [1.82, 2.24) is 14.9 Å². The zero-order chi connectivity index (χ0) is 18.9. The molecule has 0 bridgehead atoms. The maximum absolute atomic E-state index is 12.6. The predicted molar refractivity (Wildman–Crippen MR) is 101 cm³/mol. The van der Waals surface area contributed by atoms with Crippen molar-refractivity contribution < 1.29 is 13.2 Å². The van der Waals surface area contributed by atoms with Gasteiger partial charge in [0.05, 0.1) is 11.0 Å². The van der Waals surface area contributed by atoms with E-state index in [9.17, 15) is 13.2 Å². The second-order valence-electron chi connectivity index (χ2n) is 5.99. The molecule has 1 unspecified atom stereocenters. The molecule has 0 radical (unpaired) electrons. The zero-order valence-electron chi connectivity index (χ0n) is 14.2. The van der Waals surface area contributed by atoms with Crippen LogP contribution in [-0.2, 0) is 14.8 Å². The third-order valence-electron chi connectivity index (χ3n) is 3.88. The number of allylic oxidation sites excluding steroid dienone is 1. The molecule has 1 N–H and O–H groups in total. The molecule has 3 rings (SSSR count). The van der Waals surface area contributed by atoms with Gasteiger partial charge in [-0.05, 0) is 18.6 Å². The molecule has 26 heavy (non-hydrogen) atoms. The van der Waals surface area contributed by atoms with Crippen molar-refractivity contribution in [2.75, 3.05) is 18.8 Å². The van der Waals surface area contributed by atoms with E-state index >= 15 is 0 Å². The van der Waals surface area contributed by atoms with E-state index in [1.165, 1.54) is 17.1 Å². The highest BCUT2D eigenvalue weighted by Crippen LogP contribution is 2.25. The Labute approximate surface area is 156 Å². The van der Waals surface area contributed by atoms with Crippen LogP contribution in [0.15, 0.2) is 48.1 Å². The first kappa shape index (κ1) is 18.3. The molecule has 136 valence electrons. The van der Waals surface area contributed by atoms with Crippen LogP contribution in [0.3, 0.4) is 0 Å². The minimum atomic E-state index is -3.79. The van der Waals surface area contributed by atoms with E-state index in [2.05, 4.69) is 14.7 Å². The lowest BCUT2D eigenvalue weighted by atomic mass is 10.1. The number of halogens is 1. The number of carbonyl (C=O) groups excluding carboxylic acids is 1. The Morgan fingerprint density at radius 3 is 2.46 bits per heavy atom. The number of anilines is 1. The summed E-state index contributed by atoms with van der Waals surface area (Å²) >= 11 is 6.07. The van der Waals surface area contributed by atoms with Crippen LogP contribution < -0.4 is 4.72 Å². The molecule has 9 heteroatoms. The Morgan fingerprint density at radius 2 is 1.88 bits per heavy atom. The Bertz CT molecular complexity index is 1030. The first-order chi connectivity index (χ1) is 12.3. The van der Waals surface area contributed by atoms with Gasteiger partial charge in [-0.3, -0.25) is 9.52 Å². The van der Waals surface area contributed by atoms with Gasteiger partial charge in [-0.25, -0.2) is 18.4 Å². The van der Waals surface area contributed by atoms with Crippen molar-refractivity contribution in [3.8, 4) is 0 Å². The van der Waals surface area contributed by atoms with Crippen LogP contribution in [0, 0.1) is 0 Å². The van der Waals surface area contributed by atoms with Crippen LogP contribution in [0.2, 0.25) is 5.15 Å². The highest BCUT2D eigenvalue weighted by atomic mass is 35.5. The molecular weight excluding hydrogens is 376 g/mol. The minimum Gasteiger partial charge on any atom is -0.345 e. The lowest BCUT2D eigenvalue weighted by Gasteiger charge is -2.19. The first-order valence-corrected chi connectivity index (χ1v) is 9.74. The molecule has 1 amide bonds. The van der Waals surface area contributed by atoms with E-state index < -0.39 is 15.3 Å². The van der Waals surface area contributed by atoms with Gasteiger partial charge in [0.1, 0.15) is 5.25 Å². The van der Waals surface area contributed by atoms with Crippen LogP contribution >= 0.6 is 11.6 Å². The molecular formula is C17H17ClN4O3S. The number of nitrogens with one attached hydrogen (secondary N) is 1. The third kappa shape index (κ3) is 3.71. The van der Waals surface area contributed by atoms with Crippen LogP contribution in [0.5, 0.6) is 0 Å². The molecule has 1 heterocycles. The lowest BCUT2D eigenvalue weighted by Crippen LogP contribution is -2.29. The van der Waals surface area contributed by atoms with Gasteiger partial charge in [0, 0.05) is 19.7 Å². The van der Waals surface area contributed by atoms with Crippen LogP contribution in [0.25, 0.3) is 11.0 Å². The van der Waals surface area contributed by atoms with Gasteiger partial charge in [-0.1, -0.05) is 42.0 Å². The summed E-state index contributed by atoms with van der Waals surface area (Å²) < 4.78 is 27.7. The van der Waals surface area contributed by atoms with E-state index in [0.29, 0.717) is 16.6 Å². The van der Waals surface area contributed by atoms with E-state index in [-0.39, 0.29) is 23.3 Å². The van der Waals surface area contributed by atoms with E-state index in [1.807, 2.05) is 0 Å². The Balaban J connectivity index is 1.81. The van der Waals surface area contributed by atoms with Gasteiger partial charge >= 0.3 is 0 Å². The standard InChI is InChI=1S/C17H17ClN4O3S/c1-22(2)17(23)11-7-9-12(10-8-11)26(24,25)21-16-15(18)19-13-5-3-4-6-14(13)20-16/h3-9,12H,10H2,1-2H3,(H,20,21). The fraction of sp³-hybridized carbons (Fsp3) is 0.235. The first-order valence-electron chi connectivity index (χ1n) is 7.82. The van der Waals surface area contributed by atoms with Gasteiger partial charge < -0.3 is 4.90 Å². The average molecular weight is 393 g/mol. The van der Waals surface area contributed by atoms with Crippen LogP contribution in [-0.4, -0.2) is 48.5 Å². The van der Waals surface area contributed by atoms with E-state index in [1.54, 1.807) is 44.4 Å². The number of hydrogen-bond donors (Lipinski definition) is 1. The Kier molecular flexibility index (Phi) is 4.97. The zero-order valence-corrected chi connectivity index (χ0v) is 15.8. The fourth-order valence-electron chi connectivity index (χ4n) is 2.50. The van der Waals surface area contributed by atoms with Crippen molar-refractivity contribution in [2.24, 2.45) is 0 Å². The van der Waals surface area contributed by atoms with Crippen molar-refractivity contribution >= 4 is 44.4 Å². The van der Waals surface area contributed by atoms with Crippen LogP contribution in [0.1, 0.15) is 6.42 Å². The summed E-state index contributed by atoms with van der Waals surface area (Å²) in [6.45, 7) is 0. The van der Waals surface area contributed by atoms with Crippen molar-refractivity contribution in [2.45, 2.75) is 11.7 Å². The number of sulfonamides is 1. The van der Waals surface area contributed by atoms with Crippen molar-refractivity contribution in [3.63, 3.8) is 0 Å². The number of benzene rings is 1. The second-order valence-corrected chi connectivity index (χ2v) is 8.25. The molecule has 1 aromatic carbocycles. The number of hydrogen-bond acceptors (Lipinski definition) is 5. The molecule has 0 aliphatic heterocycles. The average Bonchev–Trinajstić information content (AvgIpc) is 2.61. The van der Waals surface area contributed by atoms with Gasteiger partial charge in [-0.15, -0.1) is 0 Å². The number of carbonyl (C=O) groups is 1.